The Bertz CT molecular complexity index is 982. The van der Waals surface area contributed by atoms with Crippen LogP contribution < -0.4 is 0 Å². The maximum atomic E-state index is 13.7. The fourth-order valence-electron chi connectivity index (χ4n) is 5.13. The molecule has 0 N–H and O–H groups in total. The molecular weight excluding hydrogens is 422 g/mol. The molecule has 0 aliphatic heterocycles. The zero-order valence-corrected chi connectivity index (χ0v) is 19.4. The molecule has 3 aromatic rings. The fraction of sp³-hybridized carbons (Fsp3) is 0.379. The molecule has 3 aromatic carbocycles. The van der Waals surface area contributed by atoms with E-state index in [1.807, 2.05) is 12.1 Å². The van der Waals surface area contributed by atoms with Crippen molar-refractivity contribution in [1.29, 1.82) is 0 Å². The van der Waals surface area contributed by atoms with Crippen LogP contribution >= 0.6 is 11.6 Å². The summed E-state index contributed by atoms with van der Waals surface area (Å²) in [5.74, 6) is 0.844. The van der Waals surface area contributed by atoms with Gasteiger partial charge in [0.2, 0.25) is 0 Å². The Hall–Kier alpha value is -2.19. The number of rotatable bonds is 7. The van der Waals surface area contributed by atoms with Crippen molar-refractivity contribution >= 4 is 11.6 Å². The minimum atomic E-state index is -0.723. The van der Waals surface area contributed by atoms with Crippen molar-refractivity contribution < 1.29 is 8.78 Å². The third-order valence-corrected chi connectivity index (χ3v) is 7.50. The molecular formula is C29H31ClF2. The maximum absolute atomic E-state index is 13.7. The lowest BCUT2D eigenvalue weighted by atomic mass is 9.75. The van der Waals surface area contributed by atoms with Crippen molar-refractivity contribution in [3.63, 3.8) is 0 Å². The summed E-state index contributed by atoms with van der Waals surface area (Å²) < 4.78 is 27.5. The second-order valence-corrected chi connectivity index (χ2v) is 9.80. The standard InChI is InChI=1S/C29H31ClF2/c1-20(24-5-3-2-4-6-24)17-23-11-9-21(10-12-23)7-8-22-13-15-25(16-14-22)26-18-27(31)29(30)28(32)19-26/h2-6,13-16,18-21,23H,7-12,17H2,1H3/t20-,21?,23?/m0/s1. The van der Waals surface area contributed by atoms with Crippen LogP contribution in [0.5, 0.6) is 0 Å². The predicted molar refractivity (Wildman–Crippen MR) is 130 cm³/mol. The lowest BCUT2D eigenvalue weighted by Crippen LogP contribution is -2.16. The van der Waals surface area contributed by atoms with E-state index in [-0.39, 0.29) is 0 Å². The highest BCUT2D eigenvalue weighted by Crippen LogP contribution is 2.37. The van der Waals surface area contributed by atoms with E-state index in [4.69, 9.17) is 11.6 Å². The van der Waals surface area contributed by atoms with Crippen LogP contribution in [0.4, 0.5) is 8.78 Å². The third-order valence-electron chi connectivity index (χ3n) is 7.13. The van der Waals surface area contributed by atoms with Gasteiger partial charge in [-0.3, -0.25) is 0 Å². The van der Waals surface area contributed by atoms with Crippen LogP contribution in [-0.2, 0) is 6.42 Å². The molecule has 0 amide bonds. The van der Waals surface area contributed by atoms with Gasteiger partial charge in [0, 0.05) is 0 Å². The summed E-state index contributed by atoms with van der Waals surface area (Å²) in [4.78, 5) is 0. The lowest BCUT2D eigenvalue weighted by molar-refractivity contribution is 0.245. The molecule has 3 heteroatoms. The topological polar surface area (TPSA) is 0 Å². The summed E-state index contributed by atoms with van der Waals surface area (Å²) in [6.45, 7) is 2.36. The number of hydrogen-bond donors (Lipinski definition) is 0. The number of aryl methyl sites for hydroxylation is 1. The van der Waals surface area contributed by atoms with Gasteiger partial charge in [-0.15, -0.1) is 0 Å². The zero-order chi connectivity index (χ0) is 22.5. The van der Waals surface area contributed by atoms with Gasteiger partial charge in [-0.1, -0.05) is 98.8 Å². The second kappa shape index (κ2) is 10.6. The molecule has 0 saturated heterocycles. The van der Waals surface area contributed by atoms with Gasteiger partial charge in [-0.25, -0.2) is 8.78 Å². The van der Waals surface area contributed by atoms with Gasteiger partial charge in [0.05, 0.1) is 0 Å². The van der Waals surface area contributed by atoms with Crippen LogP contribution in [0.3, 0.4) is 0 Å². The molecule has 4 rings (SSSR count). The van der Waals surface area contributed by atoms with Gasteiger partial charge in [-0.2, -0.15) is 0 Å². The summed E-state index contributed by atoms with van der Waals surface area (Å²) in [6, 6.07) is 21.5. The molecule has 1 aliphatic rings. The van der Waals surface area contributed by atoms with Crippen LogP contribution in [-0.4, -0.2) is 0 Å². The summed E-state index contributed by atoms with van der Waals surface area (Å²) >= 11 is 5.59. The molecule has 1 aliphatic carbocycles. The van der Waals surface area contributed by atoms with E-state index in [0.717, 1.165) is 23.8 Å². The highest BCUT2D eigenvalue weighted by molar-refractivity contribution is 6.31. The van der Waals surface area contributed by atoms with Gasteiger partial charge < -0.3 is 0 Å². The van der Waals surface area contributed by atoms with Crippen molar-refractivity contribution in [2.24, 2.45) is 11.8 Å². The van der Waals surface area contributed by atoms with E-state index < -0.39 is 16.7 Å². The zero-order valence-electron chi connectivity index (χ0n) is 18.7. The van der Waals surface area contributed by atoms with Crippen molar-refractivity contribution in [3.8, 4) is 11.1 Å². The van der Waals surface area contributed by atoms with E-state index in [2.05, 4.69) is 49.4 Å². The molecule has 0 unspecified atom stereocenters. The van der Waals surface area contributed by atoms with Gasteiger partial charge >= 0.3 is 0 Å². The number of halogens is 3. The molecule has 1 fully saturated rings. The first-order valence-corrected chi connectivity index (χ1v) is 12.2. The Morgan fingerprint density at radius 1 is 0.812 bits per heavy atom. The highest BCUT2D eigenvalue weighted by atomic mass is 35.5. The lowest BCUT2D eigenvalue weighted by Gasteiger charge is -2.30. The molecule has 0 radical (unpaired) electrons. The van der Waals surface area contributed by atoms with Crippen LogP contribution in [0.1, 0.15) is 62.5 Å². The SMILES string of the molecule is C[C@@H](CC1CCC(CCc2ccc(-c3cc(F)c(Cl)c(F)c3)cc2)CC1)c1ccccc1. The third kappa shape index (κ3) is 5.78. The first-order chi connectivity index (χ1) is 15.5. The monoisotopic (exact) mass is 452 g/mol. The van der Waals surface area contributed by atoms with Gasteiger partial charge in [0.1, 0.15) is 16.7 Å². The fourth-order valence-corrected chi connectivity index (χ4v) is 5.24. The average Bonchev–Trinajstić information content (AvgIpc) is 2.82. The van der Waals surface area contributed by atoms with Crippen LogP contribution in [0, 0.1) is 23.5 Å². The van der Waals surface area contributed by atoms with E-state index >= 15 is 0 Å². The van der Waals surface area contributed by atoms with Gasteiger partial charge in [0.25, 0.3) is 0 Å². The largest absolute Gasteiger partial charge is 0.205 e. The average molecular weight is 453 g/mol. The minimum absolute atomic E-state index is 0.449. The quantitative estimate of drug-likeness (QED) is 0.313. The van der Waals surface area contributed by atoms with Crippen molar-refractivity contribution in [1.82, 2.24) is 0 Å². The molecule has 168 valence electrons. The smallest absolute Gasteiger partial charge is 0.145 e. The molecule has 1 atom stereocenters. The summed E-state index contributed by atoms with van der Waals surface area (Å²) in [7, 11) is 0. The first-order valence-electron chi connectivity index (χ1n) is 11.8. The van der Waals surface area contributed by atoms with Crippen molar-refractivity contribution in [2.75, 3.05) is 0 Å². The van der Waals surface area contributed by atoms with Crippen LogP contribution in [0.2, 0.25) is 5.02 Å². The molecule has 1 saturated carbocycles. The Balaban J connectivity index is 1.24. The molecule has 0 nitrogen and oxygen atoms in total. The van der Waals surface area contributed by atoms with Crippen molar-refractivity contribution in [3.05, 3.63) is 94.5 Å². The summed E-state index contributed by atoms with van der Waals surface area (Å²) in [6.07, 6.45) is 8.90. The summed E-state index contributed by atoms with van der Waals surface area (Å²) in [5.41, 5.74) is 4.06. The Morgan fingerprint density at radius 2 is 1.41 bits per heavy atom. The van der Waals surface area contributed by atoms with E-state index in [9.17, 15) is 8.78 Å². The number of benzene rings is 3. The highest BCUT2D eigenvalue weighted by Gasteiger charge is 2.23. The Morgan fingerprint density at radius 3 is 2.03 bits per heavy atom. The first kappa shape index (κ1) is 23.0. The normalized spacial score (nSPS) is 19.6. The van der Waals surface area contributed by atoms with Gasteiger partial charge in [-0.05, 0) is 71.4 Å². The van der Waals surface area contributed by atoms with Gasteiger partial charge in [0.15, 0.2) is 0 Å². The van der Waals surface area contributed by atoms with Crippen LogP contribution in [0.25, 0.3) is 11.1 Å². The van der Waals surface area contributed by atoms with E-state index in [0.29, 0.717) is 11.5 Å². The molecule has 0 aromatic heterocycles. The molecule has 0 spiro atoms. The molecule has 0 bridgehead atoms. The maximum Gasteiger partial charge on any atom is 0.145 e. The second-order valence-electron chi connectivity index (χ2n) is 9.42. The van der Waals surface area contributed by atoms with E-state index in [1.165, 1.54) is 61.8 Å². The Labute approximate surface area is 195 Å². The van der Waals surface area contributed by atoms with Crippen LogP contribution in [0.15, 0.2) is 66.7 Å². The predicted octanol–water partition coefficient (Wildman–Crippen LogP) is 9.22. The van der Waals surface area contributed by atoms with Crippen molar-refractivity contribution in [2.45, 2.75) is 57.8 Å². The molecule has 32 heavy (non-hydrogen) atoms. The Kier molecular flexibility index (Phi) is 7.63. The molecule has 0 heterocycles. The number of hydrogen-bond acceptors (Lipinski definition) is 0. The van der Waals surface area contributed by atoms with E-state index in [1.54, 1.807) is 0 Å². The summed E-state index contributed by atoms with van der Waals surface area (Å²) in [5, 5.41) is -0.449. The minimum Gasteiger partial charge on any atom is -0.205 e.